The highest BCUT2D eigenvalue weighted by Gasteiger charge is 2.37. The minimum absolute atomic E-state index is 0.0572. The lowest BCUT2D eigenvalue weighted by molar-refractivity contribution is -0.139. The Labute approximate surface area is 183 Å². The molecule has 0 radical (unpaired) electrons. The Kier molecular flexibility index (Phi) is 6.20. The Bertz CT molecular complexity index is 1000. The third-order valence-electron chi connectivity index (χ3n) is 5.73. The smallest absolute Gasteiger partial charge is 0.421 e. The summed E-state index contributed by atoms with van der Waals surface area (Å²) in [5.74, 6) is -0.372. The summed E-state index contributed by atoms with van der Waals surface area (Å²) in [6, 6.07) is 2.86. The largest absolute Gasteiger partial charge is 0.481 e. The quantitative estimate of drug-likeness (QED) is 0.645. The second-order valence-electron chi connectivity index (χ2n) is 7.74. The van der Waals surface area contributed by atoms with E-state index in [9.17, 15) is 18.0 Å². The predicted octanol–water partition coefficient (Wildman–Crippen LogP) is 2.74. The first-order valence-corrected chi connectivity index (χ1v) is 10.4. The molecule has 2 aromatic heterocycles. The third kappa shape index (κ3) is 4.35. The normalized spacial score (nSPS) is 20.6. The first-order chi connectivity index (χ1) is 15.3. The number of likely N-dealkylation sites (tertiary alicyclic amines) is 1. The van der Waals surface area contributed by atoms with Crippen LogP contribution in [0.3, 0.4) is 0 Å². The fourth-order valence-electron chi connectivity index (χ4n) is 4.17. The van der Waals surface area contributed by atoms with Gasteiger partial charge in [-0.15, -0.1) is 0 Å². The zero-order valence-corrected chi connectivity index (χ0v) is 17.8. The summed E-state index contributed by atoms with van der Waals surface area (Å²) in [5.41, 5.74) is 1.15. The zero-order valence-electron chi connectivity index (χ0n) is 17.8. The molecular weight excluding hydrogens is 425 g/mol. The number of anilines is 1. The molecule has 2 aliphatic rings. The number of nitrogens with one attached hydrogen (secondary N) is 3. The van der Waals surface area contributed by atoms with E-state index in [0.717, 1.165) is 25.3 Å². The maximum atomic E-state index is 13.5. The Morgan fingerprint density at radius 2 is 2.19 bits per heavy atom. The molecule has 0 bridgehead atoms. The molecule has 2 aliphatic heterocycles. The molecule has 3 N–H and O–H groups in total. The average Bonchev–Trinajstić information content (AvgIpc) is 3.26. The van der Waals surface area contributed by atoms with Gasteiger partial charge in [-0.3, -0.25) is 20.4 Å². The first-order valence-electron chi connectivity index (χ1n) is 10.4. The van der Waals surface area contributed by atoms with Crippen molar-refractivity contribution in [2.45, 2.75) is 38.1 Å². The van der Waals surface area contributed by atoms with E-state index in [4.69, 9.17) is 4.74 Å². The molecule has 1 saturated heterocycles. The molecular formula is C21H25F3N6O2. The summed E-state index contributed by atoms with van der Waals surface area (Å²) < 4.78 is 45.4. The number of rotatable bonds is 5. The lowest BCUT2D eigenvalue weighted by atomic mass is 10.00. The van der Waals surface area contributed by atoms with Gasteiger partial charge in [-0.2, -0.15) is 13.2 Å². The van der Waals surface area contributed by atoms with Crippen LogP contribution in [0, 0.1) is 0 Å². The second-order valence-corrected chi connectivity index (χ2v) is 7.74. The molecule has 1 fully saturated rings. The van der Waals surface area contributed by atoms with E-state index >= 15 is 0 Å². The van der Waals surface area contributed by atoms with Crippen LogP contribution in [0.2, 0.25) is 0 Å². The molecule has 0 aliphatic carbocycles. The minimum Gasteiger partial charge on any atom is -0.481 e. The van der Waals surface area contributed by atoms with Crippen LogP contribution in [0.4, 0.5) is 18.9 Å². The summed E-state index contributed by atoms with van der Waals surface area (Å²) in [4.78, 5) is 22.1. The van der Waals surface area contributed by atoms with Crippen LogP contribution < -0.4 is 20.7 Å². The van der Waals surface area contributed by atoms with E-state index in [1.165, 1.54) is 6.20 Å². The van der Waals surface area contributed by atoms with Crippen molar-refractivity contribution in [3.63, 3.8) is 0 Å². The van der Waals surface area contributed by atoms with Crippen LogP contribution in [0.5, 0.6) is 5.88 Å². The Morgan fingerprint density at radius 3 is 2.91 bits per heavy atom. The van der Waals surface area contributed by atoms with Crippen LogP contribution in [-0.4, -0.2) is 53.7 Å². The highest BCUT2D eigenvalue weighted by Crippen LogP contribution is 2.39. The van der Waals surface area contributed by atoms with E-state index in [2.05, 4.69) is 25.9 Å². The number of amides is 1. The summed E-state index contributed by atoms with van der Waals surface area (Å²) in [7, 11) is 1.15. The molecule has 2 atom stereocenters. The van der Waals surface area contributed by atoms with Gasteiger partial charge in [0, 0.05) is 54.8 Å². The zero-order chi connectivity index (χ0) is 22.9. The minimum atomic E-state index is -4.61. The first kappa shape index (κ1) is 22.3. The summed E-state index contributed by atoms with van der Waals surface area (Å²) in [6.07, 6.45) is -0.826. The van der Waals surface area contributed by atoms with Crippen LogP contribution >= 0.6 is 0 Å². The number of alkyl halides is 3. The number of carbonyl (C=O) groups excluding carboxylic acids is 1. The molecule has 0 aromatic carbocycles. The van der Waals surface area contributed by atoms with Gasteiger partial charge < -0.3 is 15.0 Å². The van der Waals surface area contributed by atoms with Crippen LogP contribution in [0.15, 0.2) is 24.5 Å². The van der Waals surface area contributed by atoms with Gasteiger partial charge in [-0.1, -0.05) is 6.92 Å². The standard InChI is InChI=1S/C21H25F3N6O2/c1-3-16(31)30-7-5-13(10-30)29-19-17-15(27-11-28-19)4-6-25-18(17)12-8-14(21(22,23)24)20(32-2)26-9-12/h4,6,8-9,13,19,27-29H,3,5,7,10-11H2,1-2H3. The molecule has 4 rings (SSSR count). The maximum Gasteiger partial charge on any atom is 0.421 e. The fourth-order valence-corrected chi connectivity index (χ4v) is 4.17. The number of aromatic nitrogens is 2. The predicted molar refractivity (Wildman–Crippen MR) is 112 cm³/mol. The number of halogens is 3. The molecule has 0 spiro atoms. The molecule has 32 heavy (non-hydrogen) atoms. The Balaban J connectivity index is 1.67. The summed E-state index contributed by atoms with van der Waals surface area (Å²) in [5, 5.41) is 10.0. The van der Waals surface area contributed by atoms with E-state index in [0.29, 0.717) is 37.4 Å². The maximum absolute atomic E-state index is 13.5. The summed E-state index contributed by atoms with van der Waals surface area (Å²) in [6.45, 7) is 3.59. The van der Waals surface area contributed by atoms with E-state index < -0.39 is 17.6 Å². The number of fused-ring (bicyclic) bond motifs is 1. The van der Waals surface area contributed by atoms with Gasteiger partial charge in [0.25, 0.3) is 0 Å². The lowest BCUT2D eigenvalue weighted by Gasteiger charge is -2.32. The molecule has 172 valence electrons. The molecule has 11 heteroatoms. The van der Waals surface area contributed by atoms with Crippen molar-refractivity contribution in [1.82, 2.24) is 25.5 Å². The van der Waals surface area contributed by atoms with Crippen molar-refractivity contribution in [2.75, 3.05) is 32.2 Å². The van der Waals surface area contributed by atoms with Crippen molar-refractivity contribution in [3.05, 3.63) is 35.7 Å². The van der Waals surface area contributed by atoms with E-state index in [1.807, 2.05) is 11.8 Å². The van der Waals surface area contributed by atoms with Gasteiger partial charge in [0.1, 0.15) is 5.56 Å². The van der Waals surface area contributed by atoms with E-state index in [1.54, 1.807) is 12.3 Å². The number of ether oxygens (including phenoxy) is 1. The fraction of sp³-hybridized carbons (Fsp3) is 0.476. The lowest BCUT2D eigenvalue weighted by Crippen LogP contribution is -2.46. The van der Waals surface area contributed by atoms with Crippen molar-refractivity contribution >= 4 is 11.6 Å². The molecule has 1 amide bonds. The highest BCUT2D eigenvalue weighted by atomic mass is 19.4. The molecule has 4 heterocycles. The Morgan fingerprint density at radius 1 is 1.38 bits per heavy atom. The molecule has 2 aromatic rings. The molecule has 0 saturated carbocycles. The number of pyridine rings is 2. The van der Waals surface area contributed by atoms with Crippen LogP contribution in [-0.2, 0) is 11.0 Å². The summed E-state index contributed by atoms with van der Waals surface area (Å²) >= 11 is 0. The number of methoxy groups -OCH3 is 1. The van der Waals surface area contributed by atoms with Crippen molar-refractivity contribution in [3.8, 4) is 17.1 Å². The number of carbonyl (C=O) groups is 1. The monoisotopic (exact) mass is 450 g/mol. The average molecular weight is 450 g/mol. The van der Waals surface area contributed by atoms with Crippen molar-refractivity contribution in [1.29, 1.82) is 0 Å². The van der Waals surface area contributed by atoms with Crippen molar-refractivity contribution < 1.29 is 22.7 Å². The second kappa shape index (κ2) is 8.91. The molecule has 2 unspecified atom stereocenters. The number of nitrogens with zero attached hydrogens (tertiary/aromatic N) is 3. The third-order valence-corrected chi connectivity index (χ3v) is 5.73. The van der Waals surface area contributed by atoms with Gasteiger partial charge in [-0.25, -0.2) is 4.98 Å². The van der Waals surface area contributed by atoms with Crippen LogP contribution in [0.25, 0.3) is 11.3 Å². The van der Waals surface area contributed by atoms with Gasteiger partial charge in [-0.05, 0) is 18.6 Å². The Hall–Kier alpha value is -2.92. The molecule has 8 nitrogen and oxygen atoms in total. The van der Waals surface area contributed by atoms with Gasteiger partial charge in [0.15, 0.2) is 0 Å². The van der Waals surface area contributed by atoms with Gasteiger partial charge in [0.05, 0.1) is 25.6 Å². The van der Waals surface area contributed by atoms with Crippen molar-refractivity contribution in [2.24, 2.45) is 0 Å². The SMILES string of the molecule is CCC(=O)N1CCC(NC2NCNc3ccnc(-c4cnc(OC)c(C(F)(F)F)c4)c32)C1. The number of hydrogen-bond donors (Lipinski definition) is 3. The van der Waals surface area contributed by atoms with E-state index in [-0.39, 0.29) is 23.7 Å². The number of hydrogen-bond acceptors (Lipinski definition) is 7. The highest BCUT2D eigenvalue weighted by molar-refractivity contribution is 5.76. The van der Waals surface area contributed by atoms with Gasteiger partial charge >= 0.3 is 6.18 Å². The van der Waals surface area contributed by atoms with Gasteiger partial charge in [0.2, 0.25) is 11.8 Å². The topological polar surface area (TPSA) is 91.4 Å². The van der Waals surface area contributed by atoms with Crippen LogP contribution in [0.1, 0.15) is 37.1 Å².